The van der Waals surface area contributed by atoms with Crippen molar-refractivity contribution in [2.75, 3.05) is 0 Å². The van der Waals surface area contributed by atoms with Gasteiger partial charge in [0.25, 0.3) is 0 Å². The van der Waals surface area contributed by atoms with Crippen LogP contribution in [0.3, 0.4) is 0 Å². The van der Waals surface area contributed by atoms with Crippen molar-refractivity contribution in [1.29, 1.82) is 0 Å². The molecular formula is C14H16N2. The minimum absolute atomic E-state index is 0.821. The molecule has 0 unspecified atom stereocenters. The van der Waals surface area contributed by atoms with Crippen LogP contribution in [0, 0.1) is 13.8 Å². The van der Waals surface area contributed by atoms with Crippen LogP contribution in [0.4, 0.5) is 0 Å². The summed E-state index contributed by atoms with van der Waals surface area (Å²) in [6.07, 6.45) is 1.87. The van der Waals surface area contributed by atoms with E-state index >= 15 is 0 Å². The van der Waals surface area contributed by atoms with Crippen molar-refractivity contribution in [3.63, 3.8) is 0 Å². The van der Waals surface area contributed by atoms with Gasteiger partial charge in [-0.25, -0.2) is 0 Å². The van der Waals surface area contributed by atoms with Gasteiger partial charge in [-0.15, -0.1) is 0 Å². The Labute approximate surface area is 96.2 Å². The van der Waals surface area contributed by atoms with Crippen molar-refractivity contribution in [1.82, 2.24) is 9.78 Å². The molecule has 2 aromatic rings. The number of aryl methyl sites for hydroxylation is 1. The molecule has 0 saturated heterocycles. The van der Waals surface area contributed by atoms with Crippen molar-refractivity contribution in [2.24, 2.45) is 0 Å². The Balaban J connectivity index is 2.32. The molecule has 0 amide bonds. The summed E-state index contributed by atoms with van der Waals surface area (Å²) in [5.74, 6) is 0. The lowest BCUT2D eigenvalue weighted by Gasteiger charge is -2.04. The smallest absolute Gasteiger partial charge is 0.0668 e. The second-order valence-electron chi connectivity index (χ2n) is 3.93. The summed E-state index contributed by atoms with van der Waals surface area (Å²) in [6, 6.07) is 10.4. The van der Waals surface area contributed by atoms with Crippen LogP contribution in [0.15, 0.2) is 36.9 Å². The monoisotopic (exact) mass is 212 g/mol. The highest BCUT2D eigenvalue weighted by molar-refractivity contribution is 5.52. The summed E-state index contributed by atoms with van der Waals surface area (Å²) in [7, 11) is 0. The fraction of sp³-hybridized carbons (Fsp3) is 0.214. The van der Waals surface area contributed by atoms with Crippen molar-refractivity contribution in [3.8, 4) is 0 Å². The predicted octanol–water partition coefficient (Wildman–Crippen LogP) is 3.19. The van der Waals surface area contributed by atoms with Gasteiger partial charge >= 0.3 is 0 Å². The molecule has 0 atom stereocenters. The van der Waals surface area contributed by atoms with Crippen LogP contribution in [0.25, 0.3) is 6.08 Å². The molecule has 0 bridgehead atoms. The molecule has 1 aromatic heterocycles. The van der Waals surface area contributed by atoms with E-state index in [9.17, 15) is 0 Å². The Morgan fingerprint density at radius 1 is 1.25 bits per heavy atom. The molecule has 0 fully saturated rings. The Kier molecular flexibility index (Phi) is 2.91. The van der Waals surface area contributed by atoms with Gasteiger partial charge in [-0.05, 0) is 19.4 Å². The number of nitrogens with zero attached hydrogens (tertiary/aromatic N) is 2. The molecule has 16 heavy (non-hydrogen) atoms. The van der Waals surface area contributed by atoms with E-state index in [2.05, 4.69) is 42.9 Å². The van der Waals surface area contributed by atoms with Gasteiger partial charge in [-0.2, -0.15) is 5.10 Å². The third kappa shape index (κ3) is 1.91. The van der Waals surface area contributed by atoms with Crippen LogP contribution in [0.5, 0.6) is 0 Å². The molecule has 0 spiro atoms. The lowest BCUT2D eigenvalue weighted by molar-refractivity contribution is 0.659. The van der Waals surface area contributed by atoms with Crippen molar-refractivity contribution in [3.05, 3.63) is 59.4 Å². The summed E-state index contributed by atoms with van der Waals surface area (Å²) in [5.41, 5.74) is 4.64. The van der Waals surface area contributed by atoms with Crippen LogP contribution in [-0.2, 0) is 6.54 Å². The summed E-state index contributed by atoms with van der Waals surface area (Å²) >= 11 is 0. The summed E-state index contributed by atoms with van der Waals surface area (Å²) in [4.78, 5) is 0. The first kappa shape index (κ1) is 10.7. The van der Waals surface area contributed by atoms with Gasteiger partial charge in [0.2, 0.25) is 0 Å². The first-order valence-corrected chi connectivity index (χ1v) is 5.42. The van der Waals surface area contributed by atoms with Crippen LogP contribution in [0.1, 0.15) is 22.5 Å². The first-order valence-electron chi connectivity index (χ1n) is 5.42. The normalized spacial score (nSPS) is 10.4. The second kappa shape index (κ2) is 4.35. The molecule has 0 aliphatic heterocycles. The topological polar surface area (TPSA) is 17.8 Å². The van der Waals surface area contributed by atoms with E-state index in [0.29, 0.717) is 0 Å². The van der Waals surface area contributed by atoms with E-state index in [0.717, 1.165) is 17.8 Å². The van der Waals surface area contributed by atoms with E-state index < -0.39 is 0 Å². The molecule has 0 aliphatic carbocycles. The summed E-state index contributed by atoms with van der Waals surface area (Å²) in [5, 5.41) is 4.52. The van der Waals surface area contributed by atoms with Crippen molar-refractivity contribution >= 4 is 6.08 Å². The van der Waals surface area contributed by atoms with E-state index in [1.807, 2.05) is 23.7 Å². The van der Waals surface area contributed by atoms with Gasteiger partial charge < -0.3 is 0 Å². The molecule has 0 saturated carbocycles. The van der Waals surface area contributed by atoms with Gasteiger partial charge in [0, 0.05) is 11.3 Å². The van der Waals surface area contributed by atoms with Crippen LogP contribution in [-0.4, -0.2) is 9.78 Å². The van der Waals surface area contributed by atoms with Gasteiger partial charge in [-0.3, -0.25) is 4.68 Å². The average molecular weight is 212 g/mol. The Morgan fingerprint density at radius 3 is 2.50 bits per heavy atom. The number of rotatable bonds is 3. The zero-order valence-electron chi connectivity index (χ0n) is 9.77. The zero-order chi connectivity index (χ0) is 11.5. The predicted molar refractivity (Wildman–Crippen MR) is 67.3 cm³/mol. The lowest BCUT2D eigenvalue weighted by atomic mass is 10.2. The molecule has 2 heteroatoms. The fourth-order valence-corrected chi connectivity index (χ4v) is 1.92. The highest BCUT2D eigenvalue weighted by Gasteiger charge is 2.08. The van der Waals surface area contributed by atoms with Crippen molar-refractivity contribution < 1.29 is 0 Å². The Hall–Kier alpha value is -1.83. The SMILES string of the molecule is C=Cc1c(C)nn(Cc2ccccc2)c1C. The quantitative estimate of drug-likeness (QED) is 0.764. The number of aromatic nitrogens is 2. The molecule has 2 nitrogen and oxygen atoms in total. The highest BCUT2D eigenvalue weighted by Crippen LogP contribution is 2.15. The van der Waals surface area contributed by atoms with Gasteiger partial charge in [0.15, 0.2) is 0 Å². The third-order valence-corrected chi connectivity index (χ3v) is 2.82. The zero-order valence-corrected chi connectivity index (χ0v) is 9.77. The Morgan fingerprint density at radius 2 is 1.94 bits per heavy atom. The van der Waals surface area contributed by atoms with Crippen molar-refractivity contribution in [2.45, 2.75) is 20.4 Å². The van der Waals surface area contributed by atoms with Crippen LogP contribution in [0.2, 0.25) is 0 Å². The summed E-state index contributed by atoms with van der Waals surface area (Å²) < 4.78 is 2.03. The molecule has 0 aliphatic rings. The number of benzene rings is 1. The van der Waals surface area contributed by atoms with Gasteiger partial charge in [0.05, 0.1) is 12.2 Å². The molecule has 0 N–H and O–H groups in total. The minimum atomic E-state index is 0.821. The summed E-state index contributed by atoms with van der Waals surface area (Å²) in [6.45, 7) is 8.74. The maximum absolute atomic E-state index is 4.52. The molecular weight excluding hydrogens is 196 g/mol. The highest BCUT2D eigenvalue weighted by atomic mass is 15.3. The largest absolute Gasteiger partial charge is 0.265 e. The van der Waals surface area contributed by atoms with E-state index in [1.54, 1.807) is 0 Å². The number of hydrogen-bond acceptors (Lipinski definition) is 1. The fourth-order valence-electron chi connectivity index (χ4n) is 1.92. The maximum atomic E-state index is 4.52. The standard InChI is InChI=1S/C14H16N2/c1-4-14-11(2)15-16(12(14)3)10-13-8-6-5-7-9-13/h4-9H,1,10H2,2-3H3. The molecule has 1 heterocycles. The van der Waals surface area contributed by atoms with Gasteiger partial charge in [-0.1, -0.05) is 43.0 Å². The Bertz CT molecular complexity index is 495. The molecule has 0 radical (unpaired) electrons. The average Bonchev–Trinajstić information content (AvgIpc) is 2.55. The third-order valence-electron chi connectivity index (χ3n) is 2.82. The first-order chi connectivity index (χ1) is 7.72. The van der Waals surface area contributed by atoms with E-state index in [4.69, 9.17) is 0 Å². The maximum Gasteiger partial charge on any atom is 0.0668 e. The van der Waals surface area contributed by atoms with E-state index in [-0.39, 0.29) is 0 Å². The molecule has 2 rings (SSSR count). The number of hydrogen-bond donors (Lipinski definition) is 0. The minimum Gasteiger partial charge on any atom is -0.265 e. The van der Waals surface area contributed by atoms with E-state index in [1.165, 1.54) is 11.3 Å². The van der Waals surface area contributed by atoms with Crippen LogP contribution >= 0.6 is 0 Å². The van der Waals surface area contributed by atoms with Gasteiger partial charge in [0.1, 0.15) is 0 Å². The molecule has 1 aromatic carbocycles. The second-order valence-corrected chi connectivity index (χ2v) is 3.93. The molecule has 82 valence electrons. The van der Waals surface area contributed by atoms with Crippen LogP contribution < -0.4 is 0 Å². The lowest BCUT2D eigenvalue weighted by Crippen LogP contribution is -2.03.